The van der Waals surface area contributed by atoms with Gasteiger partial charge in [0.05, 0.1) is 12.7 Å². The van der Waals surface area contributed by atoms with E-state index in [9.17, 15) is 0 Å². The van der Waals surface area contributed by atoms with E-state index in [4.69, 9.17) is 16.7 Å². The number of hydrogen-bond donors (Lipinski definition) is 1. The standard InChI is InChI=1S/C9H12N4OS/c1-6(2)8-11-12-9(15)13(8)5-7-3-4-10-14-7/h3-4,6H,5H2,1-2H3,(H,12,15). The Kier molecular flexibility index (Phi) is 2.68. The van der Waals surface area contributed by atoms with Crippen LogP contribution in [0.25, 0.3) is 0 Å². The van der Waals surface area contributed by atoms with Crippen molar-refractivity contribution in [3.05, 3.63) is 28.6 Å². The lowest BCUT2D eigenvalue weighted by Crippen LogP contribution is -2.06. The van der Waals surface area contributed by atoms with Gasteiger partial charge < -0.3 is 4.52 Å². The quantitative estimate of drug-likeness (QED) is 0.811. The summed E-state index contributed by atoms with van der Waals surface area (Å²) in [6.07, 6.45) is 1.62. The highest BCUT2D eigenvalue weighted by Gasteiger charge is 2.11. The van der Waals surface area contributed by atoms with E-state index in [-0.39, 0.29) is 0 Å². The Labute approximate surface area is 92.1 Å². The second kappa shape index (κ2) is 3.98. The van der Waals surface area contributed by atoms with Gasteiger partial charge in [-0.15, -0.1) is 0 Å². The molecule has 0 saturated heterocycles. The third kappa shape index (κ3) is 1.99. The Hall–Kier alpha value is -1.43. The van der Waals surface area contributed by atoms with Crippen LogP contribution in [0.5, 0.6) is 0 Å². The molecule has 0 radical (unpaired) electrons. The van der Waals surface area contributed by atoms with Crippen molar-refractivity contribution in [1.29, 1.82) is 0 Å². The lowest BCUT2D eigenvalue weighted by Gasteiger charge is -2.06. The number of aromatic nitrogens is 4. The summed E-state index contributed by atoms with van der Waals surface area (Å²) in [4.78, 5) is 0. The van der Waals surface area contributed by atoms with Gasteiger partial charge >= 0.3 is 0 Å². The molecule has 0 saturated carbocycles. The Morgan fingerprint density at radius 1 is 1.60 bits per heavy atom. The van der Waals surface area contributed by atoms with Crippen molar-refractivity contribution < 1.29 is 4.52 Å². The fraction of sp³-hybridized carbons (Fsp3) is 0.444. The highest BCUT2D eigenvalue weighted by molar-refractivity contribution is 7.71. The van der Waals surface area contributed by atoms with Crippen LogP contribution in [0.4, 0.5) is 0 Å². The normalized spacial score (nSPS) is 11.1. The zero-order chi connectivity index (χ0) is 10.8. The second-order valence-corrected chi connectivity index (χ2v) is 3.99. The van der Waals surface area contributed by atoms with Crippen LogP contribution in [0.15, 0.2) is 16.8 Å². The number of aromatic amines is 1. The zero-order valence-electron chi connectivity index (χ0n) is 8.60. The van der Waals surface area contributed by atoms with Gasteiger partial charge in [0.15, 0.2) is 10.5 Å². The first-order valence-corrected chi connectivity index (χ1v) is 5.14. The summed E-state index contributed by atoms with van der Waals surface area (Å²) in [5, 5.41) is 10.6. The van der Waals surface area contributed by atoms with E-state index in [1.54, 1.807) is 6.20 Å². The van der Waals surface area contributed by atoms with E-state index in [0.717, 1.165) is 11.6 Å². The number of H-pyrrole nitrogens is 1. The Morgan fingerprint density at radius 3 is 3.00 bits per heavy atom. The summed E-state index contributed by atoms with van der Waals surface area (Å²) in [5.41, 5.74) is 0. The molecule has 80 valence electrons. The molecule has 2 rings (SSSR count). The van der Waals surface area contributed by atoms with Crippen molar-refractivity contribution in [2.45, 2.75) is 26.3 Å². The summed E-state index contributed by atoms with van der Waals surface area (Å²) >= 11 is 5.15. The van der Waals surface area contributed by atoms with E-state index < -0.39 is 0 Å². The van der Waals surface area contributed by atoms with E-state index in [2.05, 4.69) is 29.2 Å². The Morgan fingerprint density at radius 2 is 2.40 bits per heavy atom. The molecule has 5 nitrogen and oxygen atoms in total. The summed E-state index contributed by atoms with van der Waals surface area (Å²) in [7, 11) is 0. The van der Waals surface area contributed by atoms with Gasteiger partial charge in [-0.1, -0.05) is 19.0 Å². The monoisotopic (exact) mass is 224 g/mol. The molecule has 0 atom stereocenters. The third-order valence-corrected chi connectivity index (χ3v) is 2.42. The average molecular weight is 224 g/mol. The van der Waals surface area contributed by atoms with Crippen molar-refractivity contribution in [2.24, 2.45) is 0 Å². The zero-order valence-corrected chi connectivity index (χ0v) is 9.41. The first-order chi connectivity index (χ1) is 7.18. The number of nitrogens with one attached hydrogen (secondary N) is 1. The van der Waals surface area contributed by atoms with Crippen molar-refractivity contribution >= 4 is 12.2 Å². The molecule has 0 fully saturated rings. The number of nitrogens with zero attached hydrogens (tertiary/aromatic N) is 3. The van der Waals surface area contributed by atoms with Crippen LogP contribution < -0.4 is 0 Å². The minimum Gasteiger partial charge on any atom is -0.359 e. The predicted octanol–water partition coefficient (Wildman–Crippen LogP) is 2.10. The topological polar surface area (TPSA) is 59.6 Å². The predicted molar refractivity (Wildman–Crippen MR) is 57.1 cm³/mol. The van der Waals surface area contributed by atoms with Crippen LogP contribution in [0.3, 0.4) is 0 Å². The molecule has 0 unspecified atom stereocenters. The summed E-state index contributed by atoms with van der Waals surface area (Å²) in [6, 6.07) is 1.82. The molecule has 2 heterocycles. The summed E-state index contributed by atoms with van der Waals surface area (Å²) < 4.78 is 7.56. The van der Waals surface area contributed by atoms with Crippen LogP contribution in [0.1, 0.15) is 31.4 Å². The lowest BCUT2D eigenvalue weighted by molar-refractivity contribution is 0.373. The van der Waals surface area contributed by atoms with Crippen molar-refractivity contribution in [2.75, 3.05) is 0 Å². The van der Waals surface area contributed by atoms with Gasteiger partial charge in [-0.2, -0.15) is 5.10 Å². The van der Waals surface area contributed by atoms with Gasteiger partial charge in [0.25, 0.3) is 0 Å². The lowest BCUT2D eigenvalue weighted by atomic mass is 10.2. The maximum atomic E-state index is 5.15. The largest absolute Gasteiger partial charge is 0.359 e. The van der Waals surface area contributed by atoms with E-state index in [0.29, 0.717) is 17.2 Å². The molecule has 1 N–H and O–H groups in total. The molecule has 6 heteroatoms. The molecule has 0 amide bonds. The van der Waals surface area contributed by atoms with Gasteiger partial charge in [-0.25, -0.2) is 0 Å². The van der Waals surface area contributed by atoms with Gasteiger partial charge in [-0.3, -0.25) is 9.67 Å². The summed E-state index contributed by atoms with van der Waals surface area (Å²) in [5.74, 6) is 2.02. The molecule has 0 spiro atoms. The highest BCUT2D eigenvalue weighted by Crippen LogP contribution is 2.13. The van der Waals surface area contributed by atoms with Crippen molar-refractivity contribution in [3.63, 3.8) is 0 Å². The van der Waals surface area contributed by atoms with Crippen LogP contribution in [-0.2, 0) is 6.54 Å². The first-order valence-electron chi connectivity index (χ1n) is 4.73. The van der Waals surface area contributed by atoms with E-state index in [1.807, 2.05) is 10.6 Å². The Bertz CT molecular complexity index is 482. The van der Waals surface area contributed by atoms with Gasteiger partial charge in [-0.05, 0) is 12.2 Å². The minimum atomic E-state index is 0.320. The smallest absolute Gasteiger partial charge is 0.195 e. The molecule has 2 aromatic heterocycles. The minimum absolute atomic E-state index is 0.320. The molecule has 2 aromatic rings. The average Bonchev–Trinajstić information content (AvgIpc) is 2.78. The third-order valence-electron chi connectivity index (χ3n) is 2.11. The Balaban J connectivity index is 2.35. The van der Waals surface area contributed by atoms with Crippen LogP contribution in [-0.4, -0.2) is 19.9 Å². The van der Waals surface area contributed by atoms with Crippen LogP contribution in [0.2, 0.25) is 0 Å². The van der Waals surface area contributed by atoms with Crippen LogP contribution >= 0.6 is 12.2 Å². The van der Waals surface area contributed by atoms with Gasteiger partial charge in [0.2, 0.25) is 0 Å². The number of rotatable bonds is 3. The molecular weight excluding hydrogens is 212 g/mol. The van der Waals surface area contributed by atoms with E-state index in [1.165, 1.54) is 0 Å². The fourth-order valence-electron chi connectivity index (χ4n) is 1.40. The maximum absolute atomic E-state index is 5.15. The van der Waals surface area contributed by atoms with Crippen molar-refractivity contribution in [1.82, 2.24) is 19.9 Å². The first kappa shape index (κ1) is 10.1. The van der Waals surface area contributed by atoms with Gasteiger partial charge in [0.1, 0.15) is 5.82 Å². The summed E-state index contributed by atoms with van der Waals surface area (Å²) in [6.45, 7) is 4.71. The van der Waals surface area contributed by atoms with Crippen molar-refractivity contribution in [3.8, 4) is 0 Å². The van der Waals surface area contributed by atoms with Crippen LogP contribution in [0, 0.1) is 4.77 Å². The molecule has 0 aromatic carbocycles. The second-order valence-electron chi connectivity index (χ2n) is 3.61. The molecule has 0 aliphatic heterocycles. The fourth-order valence-corrected chi connectivity index (χ4v) is 1.61. The maximum Gasteiger partial charge on any atom is 0.195 e. The molecule has 0 aliphatic carbocycles. The SMILES string of the molecule is CC(C)c1n[nH]c(=S)n1Cc1ccno1. The highest BCUT2D eigenvalue weighted by atomic mass is 32.1. The molecule has 0 aliphatic rings. The van der Waals surface area contributed by atoms with Gasteiger partial charge in [0, 0.05) is 12.0 Å². The number of hydrogen-bond acceptors (Lipinski definition) is 4. The molecular formula is C9H12N4OS. The molecule has 15 heavy (non-hydrogen) atoms. The molecule has 0 bridgehead atoms. The van der Waals surface area contributed by atoms with E-state index >= 15 is 0 Å².